The molecule has 0 bridgehead atoms. The number of rotatable bonds is 1. The molecule has 2 aromatic carbocycles. The summed E-state index contributed by atoms with van der Waals surface area (Å²) in [7, 11) is 0. The largest absolute Gasteiger partial charge is 0.508 e. The van der Waals surface area contributed by atoms with Gasteiger partial charge in [-0.2, -0.15) is 0 Å². The van der Waals surface area contributed by atoms with Crippen molar-refractivity contribution < 1.29 is 14.9 Å². The minimum Gasteiger partial charge on any atom is -0.508 e. The average molecular weight is 252 g/mol. The molecule has 94 valence electrons. The smallest absolute Gasteiger partial charge is 0.138 e. The van der Waals surface area contributed by atoms with Crippen molar-refractivity contribution in [1.82, 2.24) is 0 Å². The lowest BCUT2D eigenvalue weighted by atomic mass is 9.92. The van der Waals surface area contributed by atoms with Crippen molar-refractivity contribution >= 4 is 11.1 Å². The van der Waals surface area contributed by atoms with Gasteiger partial charge in [-0.15, -0.1) is 0 Å². The molecule has 0 saturated carbocycles. The fourth-order valence-corrected chi connectivity index (χ4v) is 2.13. The minimum absolute atomic E-state index is 0.145. The van der Waals surface area contributed by atoms with Crippen molar-refractivity contribution in [1.29, 1.82) is 0 Å². The van der Waals surface area contributed by atoms with Crippen LogP contribution in [0.15, 0.2) is 55.3 Å². The Bertz CT molecular complexity index is 682. The lowest BCUT2D eigenvalue weighted by molar-refractivity contribution is 0.449. The van der Waals surface area contributed by atoms with Crippen molar-refractivity contribution in [2.24, 2.45) is 0 Å². The van der Waals surface area contributed by atoms with Crippen LogP contribution < -0.4 is 4.74 Å². The van der Waals surface area contributed by atoms with Crippen LogP contribution in [0.4, 0.5) is 0 Å². The lowest BCUT2D eigenvalue weighted by Gasteiger charge is -2.20. The Balaban J connectivity index is 2.07. The molecule has 0 saturated heterocycles. The third-order valence-corrected chi connectivity index (χ3v) is 3.11. The molecular weight excluding hydrogens is 240 g/mol. The molecule has 0 radical (unpaired) electrons. The highest BCUT2D eigenvalue weighted by Crippen LogP contribution is 2.43. The van der Waals surface area contributed by atoms with Gasteiger partial charge >= 0.3 is 0 Å². The third kappa shape index (κ3) is 1.85. The van der Waals surface area contributed by atoms with Gasteiger partial charge in [0, 0.05) is 5.57 Å². The van der Waals surface area contributed by atoms with Gasteiger partial charge in [0.25, 0.3) is 0 Å². The topological polar surface area (TPSA) is 49.7 Å². The second-order valence-electron chi connectivity index (χ2n) is 4.33. The van der Waals surface area contributed by atoms with E-state index in [4.69, 9.17) is 4.74 Å². The van der Waals surface area contributed by atoms with Crippen LogP contribution in [-0.4, -0.2) is 10.2 Å². The molecule has 19 heavy (non-hydrogen) atoms. The Hall–Kier alpha value is -2.68. The Morgan fingerprint density at radius 1 is 0.947 bits per heavy atom. The molecule has 2 N–H and O–H groups in total. The monoisotopic (exact) mass is 252 g/mol. The van der Waals surface area contributed by atoms with Crippen LogP contribution in [0.25, 0.3) is 11.1 Å². The summed E-state index contributed by atoms with van der Waals surface area (Å²) < 4.78 is 5.53. The van der Waals surface area contributed by atoms with Crippen molar-refractivity contribution in [3.8, 4) is 17.2 Å². The molecule has 0 unspecified atom stereocenters. The molecule has 3 heteroatoms. The van der Waals surface area contributed by atoms with Crippen LogP contribution >= 0.6 is 0 Å². The molecule has 0 amide bonds. The Morgan fingerprint density at radius 2 is 1.68 bits per heavy atom. The van der Waals surface area contributed by atoms with E-state index in [1.165, 1.54) is 0 Å². The van der Waals surface area contributed by atoms with Crippen LogP contribution in [0, 0.1) is 0 Å². The van der Waals surface area contributed by atoms with E-state index in [1.54, 1.807) is 48.7 Å². The normalized spacial score (nSPS) is 13.5. The summed E-state index contributed by atoms with van der Waals surface area (Å²) in [4.78, 5) is 0. The van der Waals surface area contributed by atoms with E-state index in [1.807, 2.05) is 0 Å². The first-order valence-corrected chi connectivity index (χ1v) is 5.84. The van der Waals surface area contributed by atoms with Crippen LogP contribution in [0.1, 0.15) is 11.1 Å². The number of phenolic OH excluding ortho intramolecular Hbond substituents is 2. The first kappa shape index (κ1) is 11.4. The summed E-state index contributed by atoms with van der Waals surface area (Å²) in [5, 5.41) is 19.2. The van der Waals surface area contributed by atoms with E-state index in [2.05, 4.69) is 6.58 Å². The highest BCUT2D eigenvalue weighted by molar-refractivity contribution is 6.07. The van der Waals surface area contributed by atoms with Crippen LogP contribution in [0.5, 0.6) is 17.2 Å². The fraction of sp³-hybridized carbons (Fsp3) is 0. The Morgan fingerprint density at radius 3 is 2.42 bits per heavy atom. The molecule has 3 rings (SSSR count). The molecule has 1 aliphatic heterocycles. The van der Waals surface area contributed by atoms with E-state index in [9.17, 15) is 10.2 Å². The number of ether oxygens (including phenoxy) is 1. The van der Waals surface area contributed by atoms with Gasteiger partial charge in [0.05, 0.1) is 11.8 Å². The molecule has 0 fully saturated rings. The van der Waals surface area contributed by atoms with Crippen LogP contribution in [-0.2, 0) is 0 Å². The highest BCUT2D eigenvalue weighted by atomic mass is 16.5. The van der Waals surface area contributed by atoms with Gasteiger partial charge in [0.15, 0.2) is 0 Å². The number of allylic oxidation sites excluding steroid dienone is 2. The van der Waals surface area contributed by atoms with Gasteiger partial charge < -0.3 is 14.9 Å². The molecule has 1 heterocycles. The number of hydrogen-bond acceptors (Lipinski definition) is 3. The summed E-state index contributed by atoms with van der Waals surface area (Å²) in [5.74, 6) is 0.939. The summed E-state index contributed by atoms with van der Waals surface area (Å²) in [6, 6.07) is 11.9. The average Bonchev–Trinajstić information content (AvgIpc) is 2.40. The number of hydrogen-bond donors (Lipinski definition) is 2. The molecule has 2 aromatic rings. The van der Waals surface area contributed by atoms with E-state index in [0.29, 0.717) is 16.9 Å². The summed E-state index contributed by atoms with van der Waals surface area (Å²) >= 11 is 0. The highest BCUT2D eigenvalue weighted by Gasteiger charge is 2.21. The predicted molar refractivity (Wildman–Crippen MR) is 73.9 cm³/mol. The number of phenols is 2. The number of aromatic hydroxyl groups is 2. The molecule has 3 nitrogen and oxygen atoms in total. The molecule has 0 spiro atoms. The van der Waals surface area contributed by atoms with Crippen LogP contribution in [0.2, 0.25) is 0 Å². The number of fused-ring (bicyclic) bond motifs is 1. The molecule has 0 atom stereocenters. The zero-order valence-corrected chi connectivity index (χ0v) is 10.1. The predicted octanol–water partition coefficient (Wildman–Crippen LogP) is 3.54. The minimum atomic E-state index is 0.145. The van der Waals surface area contributed by atoms with E-state index in [0.717, 1.165) is 11.1 Å². The van der Waals surface area contributed by atoms with Gasteiger partial charge in [-0.25, -0.2) is 0 Å². The van der Waals surface area contributed by atoms with Crippen molar-refractivity contribution in [3.05, 3.63) is 66.4 Å². The van der Waals surface area contributed by atoms with E-state index < -0.39 is 0 Å². The van der Waals surface area contributed by atoms with E-state index in [-0.39, 0.29) is 11.5 Å². The molecule has 0 aromatic heterocycles. The SMILES string of the molecule is C=C1C(c2ccc(O)cc2)=COc2cccc(O)c21. The van der Waals surface area contributed by atoms with Gasteiger partial charge in [-0.3, -0.25) is 0 Å². The molecular formula is C16H12O3. The molecule has 1 aliphatic rings. The van der Waals surface area contributed by atoms with Gasteiger partial charge in [0.2, 0.25) is 0 Å². The Kier molecular flexibility index (Phi) is 2.53. The van der Waals surface area contributed by atoms with Crippen LogP contribution in [0.3, 0.4) is 0 Å². The van der Waals surface area contributed by atoms with Crippen molar-refractivity contribution in [2.75, 3.05) is 0 Å². The van der Waals surface area contributed by atoms with Gasteiger partial charge in [0.1, 0.15) is 17.2 Å². The third-order valence-electron chi connectivity index (χ3n) is 3.11. The quantitative estimate of drug-likeness (QED) is 0.816. The number of benzene rings is 2. The maximum Gasteiger partial charge on any atom is 0.138 e. The maximum atomic E-state index is 9.93. The lowest BCUT2D eigenvalue weighted by Crippen LogP contribution is -2.01. The maximum absolute atomic E-state index is 9.93. The second kappa shape index (κ2) is 4.21. The fourth-order valence-electron chi connectivity index (χ4n) is 2.13. The van der Waals surface area contributed by atoms with E-state index >= 15 is 0 Å². The summed E-state index contributed by atoms with van der Waals surface area (Å²) in [6.07, 6.45) is 1.61. The van der Waals surface area contributed by atoms with Gasteiger partial charge in [-0.05, 0) is 35.4 Å². The zero-order chi connectivity index (χ0) is 13.4. The van der Waals surface area contributed by atoms with Crippen molar-refractivity contribution in [3.63, 3.8) is 0 Å². The molecule has 0 aliphatic carbocycles. The van der Waals surface area contributed by atoms with Gasteiger partial charge in [-0.1, -0.05) is 24.8 Å². The Labute approximate surface area is 110 Å². The zero-order valence-electron chi connectivity index (χ0n) is 10.1. The first-order valence-electron chi connectivity index (χ1n) is 5.84. The first-order chi connectivity index (χ1) is 9.16. The summed E-state index contributed by atoms with van der Waals surface area (Å²) in [5.41, 5.74) is 2.96. The van der Waals surface area contributed by atoms with Crippen molar-refractivity contribution in [2.45, 2.75) is 0 Å². The summed E-state index contributed by atoms with van der Waals surface area (Å²) in [6.45, 7) is 4.03. The second-order valence-corrected chi connectivity index (χ2v) is 4.33. The standard InChI is InChI=1S/C16H12O3/c1-10-13(11-5-7-12(17)8-6-11)9-19-15-4-2-3-14(18)16(10)15/h2-9,17-18H,1H2.